The van der Waals surface area contributed by atoms with E-state index in [1.807, 2.05) is 18.2 Å². The van der Waals surface area contributed by atoms with Gasteiger partial charge in [0.15, 0.2) is 0 Å². The number of methoxy groups -OCH3 is 1. The number of hydrogen-bond donors (Lipinski definition) is 1. The summed E-state index contributed by atoms with van der Waals surface area (Å²) in [5, 5.41) is 0.272. The normalized spacial score (nSPS) is 13.7. The molecule has 2 rings (SSSR count). The van der Waals surface area contributed by atoms with Crippen LogP contribution in [0, 0.1) is 0 Å². The Balaban J connectivity index is 2.09. The number of hydrogen-bond acceptors (Lipinski definition) is 3. The first-order valence-corrected chi connectivity index (χ1v) is 8.17. The Hall–Kier alpha value is -1.45. The van der Waals surface area contributed by atoms with E-state index in [1.165, 1.54) is 11.1 Å². The van der Waals surface area contributed by atoms with Crippen molar-refractivity contribution in [2.75, 3.05) is 7.11 Å². The van der Waals surface area contributed by atoms with Gasteiger partial charge < -0.3 is 10.5 Å². The number of thioether (sulfide) groups is 1. The molecular weight excluding hydrogens is 278 g/mol. The lowest BCUT2D eigenvalue weighted by molar-refractivity contribution is 0.404. The third kappa shape index (κ3) is 4.02. The molecule has 0 aliphatic rings. The van der Waals surface area contributed by atoms with Crippen LogP contribution in [-0.4, -0.2) is 12.4 Å². The van der Waals surface area contributed by atoms with Crippen LogP contribution >= 0.6 is 11.8 Å². The highest BCUT2D eigenvalue weighted by Crippen LogP contribution is 2.36. The summed E-state index contributed by atoms with van der Waals surface area (Å²) in [5.74, 6) is 0.905. The fourth-order valence-corrected chi connectivity index (χ4v) is 3.37. The highest BCUT2D eigenvalue weighted by Gasteiger charge is 2.17. The molecule has 0 bridgehead atoms. The SMILES string of the molecule is CCc1ccc(C(N)C(C)Sc2ccccc2OC)cc1. The lowest BCUT2D eigenvalue weighted by Crippen LogP contribution is -2.21. The summed E-state index contributed by atoms with van der Waals surface area (Å²) in [4.78, 5) is 1.13. The van der Waals surface area contributed by atoms with Gasteiger partial charge in [0.2, 0.25) is 0 Å². The van der Waals surface area contributed by atoms with Gasteiger partial charge in [0.25, 0.3) is 0 Å². The molecule has 2 aromatic rings. The van der Waals surface area contributed by atoms with E-state index in [4.69, 9.17) is 10.5 Å². The Morgan fingerprint density at radius 1 is 1.10 bits per heavy atom. The van der Waals surface area contributed by atoms with Crippen LogP contribution in [0.4, 0.5) is 0 Å². The first kappa shape index (κ1) is 15.9. The molecular formula is C18H23NOS. The van der Waals surface area contributed by atoms with Gasteiger partial charge in [0.1, 0.15) is 5.75 Å². The van der Waals surface area contributed by atoms with Crippen molar-refractivity contribution in [3.8, 4) is 5.75 Å². The minimum absolute atomic E-state index is 0.00539. The number of aryl methyl sites for hydroxylation is 1. The third-order valence-corrected chi connectivity index (χ3v) is 4.92. The topological polar surface area (TPSA) is 35.2 Å². The molecule has 2 nitrogen and oxygen atoms in total. The lowest BCUT2D eigenvalue weighted by atomic mass is 10.0. The van der Waals surface area contributed by atoms with Crippen molar-refractivity contribution in [1.82, 2.24) is 0 Å². The Morgan fingerprint density at radius 2 is 1.76 bits per heavy atom. The molecule has 0 aliphatic carbocycles. The number of benzene rings is 2. The molecule has 0 fully saturated rings. The van der Waals surface area contributed by atoms with E-state index in [9.17, 15) is 0 Å². The van der Waals surface area contributed by atoms with E-state index < -0.39 is 0 Å². The quantitative estimate of drug-likeness (QED) is 0.801. The minimum Gasteiger partial charge on any atom is -0.496 e. The van der Waals surface area contributed by atoms with Crippen LogP contribution in [0.15, 0.2) is 53.4 Å². The monoisotopic (exact) mass is 301 g/mol. The Kier molecular flexibility index (Phi) is 5.71. The fraction of sp³-hybridized carbons (Fsp3) is 0.333. The van der Waals surface area contributed by atoms with Gasteiger partial charge in [-0.3, -0.25) is 0 Å². The highest BCUT2D eigenvalue weighted by atomic mass is 32.2. The molecule has 0 spiro atoms. The zero-order valence-corrected chi connectivity index (χ0v) is 13.7. The van der Waals surface area contributed by atoms with Crippen molar-refractivity contribution < 1.29 is 4.74 Å². The van der Waals surface area contributed by atoms with Gasteiger partial charge in [-0.05, 0) is 29.7 Å². The third-order valence-electron chi connectivity index (χ3n) is 3.66. The lowest BCUT2D eigenvalue weighted by Gasteiger charge is -2.21. The first-order valence-electron chi connectivity index (χ1n) is 7.29. The van der Waals surface area contributed by atoms with Gasteiger partial charge >= 0.3 is 0 Å². The van der Waals surface area contributed by atoms with E-state index in [0.717, 1.165) is 17.1 Å². The predicted molar refractivity (Wildman–Crippen MR) is 91.1 cm³/mol. The van der Waals surface area contributed by atoms with Crippen molar-refractivity contribution >= 4 is 11.8 Å². The van der Waals surface area contributed by atoms with Gasteiger partial charge in [-0.15, -0.1) is 11.8 Å². The summed E-state index contributed by atoms with van der Waals surface area (Å²) in [6, 6.07) is 16.7. The van der Waals surface area contributed by atoms with Crippen LogP contribution in [-0.2, 0) is 6.42 Å². The van der Waals surface area contributed by atoms with E-state index >= 15 is 0 Å². The molecule has 0 saturated heterocycles. The molecule has 0 heterocycles. The molecule has 0 saturated carbocycles. The largest absolute Gasteiger partial charge is 0.496 e. The van der Waals surface area contributed by atoms with Crippen molar-refractivity contribution in [2.24, 2.45) is 5.73 Å². The van der Waals surface area contributed by atoms with Gasteiger partial charge in [-0.25, -0.2) is 0 Å². The second kappa shape index (κ2) is 7.53. The van der Waals surface area contributed by atoms with Crippen LogP contribution in [0.1, 0.15) is 31.0 Å². The van der Waals surface area contributed by atoms with Crippen LogP contribution in [0.3, 0.4) is 0 Å². The molecule has 2 atom stereocenters. The smallest absolute Gasteiger partial charge is 0.132 e. The number of rotatable bonds is 6. The van der Waals surface area contributed by atoms with Gasteiger partial charge in [-0.1, -0.05) is 50.2 Å². The van der Waals surface area contributed by atoms with E-state index in [-0.39, 0.29) is 11.3 Å². The van der Waals surface area contributed by atoms with Crippen LogP contribution in [0.5, 0.6) is 5.75 Å². The zero-order valence-electron chi connectivity index (χ0n) is 12.9. The summed E-state index contributed by atoms with van der Waals surface area (Å²) >= 11 is 1.76. The first-order chi connectivity index (χ1) is 10.2. The molecule has 21 heavy (non-hydrogen) atoms. The molecule has 2 unspecified atom stereocenters. The number of ether oxygens (including phenoxy) is 1. The summed E-state index contributed by atoms with van der Waals surface area (Å²) in [5.41, 5.74) is 8.93. The average Bonchev–Trinajstić information content (AvgIpc) is 2.54. The summed E-state index contributed by atoms with van der Waals surface area (Å²) in [6.07, 6.45) is 1.06. The standard InChI is InChI=1S/C18H23NOS/c1-4-14-9-11-15(12-10-14)18(19)13(2)21-17-8-6-5-7-16(17)20-3/h5-13,18H,4,19H2,1-3H3. The second-order valence-corrected chi connectivity index (χ2v) is 6.51. The molecule has 0 radical (unpaired) electrons. The van der Waals surface area contributed by atoms with E-state index in [1.54, 1.807) is 18.9 Å². The maximum absolute atomic E-state index is 6.41. The van der Waals surface area contributed by atoms with Gasteiger partial charge in [-0.2, -0.15) is 0 Å². The van der Waals surface area contributed by atoms with Crippen molar-refractivity contribution in [3.05, 3.63) is 59.7 Å². The minimum atomic E-state index is 0.00539. The Labute approximate surface area is 131 Å². The van der Waals surface area contributed by atoms with E-state index in [2.05, 4.69) is 44.2 Å². The molecule has 2 aromatic carbocycles. The van der Waals surface area contributed by atoms with Crippen LogP contribution < -0.4 is 10.5 Å². The van der Waals surface area contributed by atoms with Gasteiger partial charge in [0, 0.05) is 16.2 Å². The summed E-state index contributed by atoms with van der Waals surface area (Å²) in [6.45, 7) is 4.32. The van der Waals surface area contributed by atoms with Crippen molar-refractivity contribution in [1.29, 1.82) is 0 Å². The van der Waals surface area contributed by atoms with Crippen molar-refractivity contribution in [2.45, 2.75) is 36.5 Å². The Bertz CT molecular complexity index is 568. The summed E-state index contributed by atoms with van der Waals surface area (Å²) < 4.78 is 5.40. The average molecular weight is 301 g/mol. The molecule has 2 N–H and O–H groups in total. The number of para-hydroxylation sites is 1. The molecule has 112 valence electrons. The maximum atomic E-state index is 6.41. The Morgan fingerprint density at radius 3 is 2.38 bits per heavy atom. The molecule has 0 aliphatic heterocycles. The van der Waals surface area contributed by atoms with Gasteiger partial charge in [0.05, 0.1) is 7.11 Å². The van der Waals surface area contributed by atoms with E-state index in [0.29, 0.717) is 0 Å². The molecule has 0 amide bonds. The maximum Gasteiger partial charge on any atom is 0.132 e. The van der Waals surface area contributed by atoms with Crippen LogP contribution in [0.2, 0.25) is 0 Å². The number of nitrogens with two attached hydrogens (primary N) is 1. The second-order valence-electron chi connectivity index (χ2n) is 5.09. The molecule has 3 heteroatoms. The highest BCUT2D eigenvalue weighted by molar-refractivity contribution is 8.00. The summed E-state index contributed by atoms with van der Waals surface area (Å²) in [7, 11) is 1.70. The van der Waals surface area contributed by atoms with Crippen LogP contribution in [0.25, 0.3) is 0 Å². The van der Waals surface area contributed by atoms with Crippen molar-refractivity contribution in [3.63, 3.8) is 0 Å². The zero-order chi connectivity index (χ0) is 15.2. The predicted octanol–water partition coefficient (Wildman–Crippen LogP) is 4.44. The fourth-order valence-electron chi connectivity index (χ4n) is 2.24. The molecule has 0 aromatic heterocycles.